The number of aryl methyl sites for hydroxylation is 1. The number of carbonyl (C=O) groups is 1. The Morgan fingerprint density at radius 2 is 1.76 bits per heavy atom. The van der Waals surface area contributed by atoms with E-state index < -0.39 is 5.91 Å². The van der Waals surface area contributed by atoms with Crippen LogP contribution in [0, 0.1) is 0 Å². The number of pyridine rings is 1. The van der Waals surface area contributed by atoms with Crippen LogP contribution in [0.1, 0.15) is 25.2 Å². The van der Waals surface area contributed by atoms with Crippen LogP contribution in [-0.2, 0) is 11.2 Å². The summed E-state index contributed by atoms with van der Waals surface area (Å²) in [5.74, 6) is 1.81. The number of ether oxygens (including phenoxy) is 3. The predicted octanol–water partition coefficient (Wildman–Crippen LogP) is 4.68. The summed E-state index contributed by atoms with van der Waals surface area (Å²) >= 11 is 0. The summed E-state index contributed by atoms with van der Waals surface area (Å²) in [6.07, 6.45) is 1.95. The second-order valence-electron chi connectivity index (χ2n) is 8.61. The van der Waals surface area contributed by atoms with Gasteiger partial charge in [-0.3, -0.25) is 10.0 Å². The number of aromatic nitrogens is 4. The number of rotatable bonds is 10. The van der Waals surface area contributed by atoms with Gasteiger partial charge in [-0.1, -0.05) is 18.2 Å². The predicted molar refractivity (Wildman–Crippen MR) is 139 cm³/mol. The maximum atomic E-state index is 11.2. The number of carbonyl (C=O) groups excluding carboxylic acids is 1. The molecule has 0 aliphatic carbocycles. The number of nitrogens with zero attached hydrogens (tertiary/aromatic N) is 3. The summed E-state index contributed by atoms with van der Waals surface area (Å²) in [4.78, 5) is 19.6. The molecule has 0 radical (unpaired) electrons. The number of hydrogen-bond donors (Lipinski definition) is 3. The second kappa shape index (κ2) is 10.8. The Hall–Kier alpha value is -4.64. The number of amides is 1. The largest absolute Gasteiger partial charge is 0.493 e. The van der Waals surface area contributed by atoms with Gasteiger partial charge >= 0.3 is 0 Å². The molecule has 11 nitrogen and oxygen atoms in total. The molecular formula is C27H27N5O6. The Morgan fingerprint density at radius 1 is 1.00 bits per heavy atom. The van der Waals surface area contributed by atoms with Crippen LogP contribution in [0.5, 0.6) is 17.2 Å². The zero-order valence-electron chi connectivity index (χ0n) is 21.2. The summed E-state index contributed by atoms with van der Waals surface area (Å²) in [5.41, 5.74) is 5.36. The molecule has 196 valence electrons. The molecule has 1 amide bonds. The fraction of sp³-hybridized carbons (Fsp3) is 0.259. The lowest BCUT2D eigenvalue weighted by molar-refractivity contribution is -0.129. The van der Waals surface area contributed by atoms with Crippen LogP contribution < -0.4 is 19.7 Å². The molecule has 5 rings (SSSR count). The van der Waals surface area contributed by atoms with Gasteiger partial charge in [0.25, 0.3) is 5.89 Å². The molecule has 0 bridgehead atoms. The van der Waals surface area contributed by atoms with Gasteiger partial charge in [0.15, 0.2) is 11.5 Å². The van der Waals surface area contributed by atoms with Gasteiger partial charge in [-0.25, -0.2) is 10.5 Å². The fourth-order valence-electron chi connectivity index (χ4n) is 4.46. The lowest BCUT2D eigenvalue weighted by Gasteiger charge is -2.14. The highest BCUT2D eigenvalue weighted by Crippen LogP contribution is 2.43. The Kier molecular flexibility index (Phi) is 7.09. The molecule has 0 saturated carbocycles. The van der Waals surface area contributed by atoms with E-state index in [-0.39, 0.29) is 12.3 Å². The minimum Gasteiger partial charge on any atom is -0.493 e. The molecule has 11 heteroatoms. The van der Waals surface area contributed by atoms with E-state index in [4.69, 9.17) is 28.8 Å². The summed E-state index contributed by atoms with van der Waals surface area (Å²) in [7, 11) is 4.70. The van der Waals surface area contributed by atoms with Gasteiger partial charge in [0.2, 0.25) is 17.5 Å². The monoisotopic (exact) mass is 517 g/mol. The molecule has 0 fully saturated rings. The van der Waals surface area contributed by atoms with Crippen LogP contribution in [-0.4, -0.2) is 52.6 Å². The van der Waals surface area contributed by atoms with Crippen molar-refractivity contribution in [3.63, 3.8) is 0 Å². The number of para-hydroxylation sites is 1. The van der Waals surface area contributed by atoms with Crippen molar-refractivity contribution in [3.05, 3.63) is 48.4 Å². The SMILES string of the molecule is COc1cc(-c2nc(-c3nnc(CCCCC(=O)NO)o3)cc3c2[nH]c2ccccc23)cc(OC)c1OC. The maximum absolute atomic E-state index is 11.2. The molecule has 0 spiro atoms. The lowest BCUT2D eigenvalue weighted by Crippen LogP contribution is -2.17. The van der Waals surface area contributed by atoms with Gasteiger partial charge in [-0.2, -0.15) is 0 Å². The number of aromatic amines is 1. The average Bonchev–Trinajstić information content (AvgIpc) is 3.58. The molecule has 0 aliphatic rings. The topological polar surface area (TPSA) is 145 Å². The minimum atomic E-state index is -0.424. The number of unbranched alkanes of at least 4 members (excludes halogenated alkanes) is 1. The van der Waals surface area contributed by atoms with Crippen LogP contribution in [0.4, 0.5) is 0 Å². The Balaban J connectivity index is 1.60. The van der Waals surface area contributed by atoms with E-state index >= 15 is 0 Å². The van der Waals surface area contributed by atoms with Crippen LogP contribution in [0.25, 0.3) is 44.6 Å². The molecular weight excluding hydrogens is 490 g/mol. The van der Waals surface area contributed by atoms with E-state index in [1.807, 2.05) is 42.5 Å². The molecule has 0 saturated heterocycles. The lowest BCUT2D eigenvalue weighted by atomic mass is 10.1. The van der Waals surface area contributed by atoms with Crippen LogP contribution in [0.2, 0.25) is 0 Å². The van der Waals surface area contributed by atoms with Crippen LogP contribution in [0.15, 0.2) is 46.9 Å². The minimum absolute atomic E-state index is 0.217. The molecule has 3 heterocycles. The maximum Gasteiger partial charge on any atom is 0.266 e. The first-order chi connectivity index (χ1) is 18.6. The van der Waals surface area contributed by atoms with E-state index in [0.29, 0.717) is 53.8 Å². The number of benzene rings is 2. The third-order valence-electron chi connectivity index (χ3n) is 6.29. The number of H-pyrrole nitrogens is 1. The first kappa shape index (κ1) is 25.0. The summed E-state index contributed by atoms with van der Waals surface area (Å²) < 4.78 is 22.6. The third kappa shape index (κ3) is 4.71. The number of hydrogen-bond acceptors (Lipinski definition) is 9. The van der Waals surface area contributed by atoms with Crippen molar-refractivity contribution in [2.75, 3.05) is 21.3 Å². The first-order valence-electron chi connectivity index (χ1n) is 12.0. The Bertz CT molecular complexity index is 1580. The standard InChI is InChI=1S/C27H27N5O6/c1-35-20-12-15(13-21(36-2)26(20)37-3)24-25-17(16-8-4-5-9-18(16)28-25)14-19(29-24)27-31-30-23(38-27)11-7-6-10-22(33)32-34/h4-5,8-9,12-14,28,34H,6-7,10-11H2,1-3H3,(H,32,33). The number of hydroxylamine groups is 1. The summed E-state index contributed by atoms with van der Waals surface area (Å²) in [6.45, 7) is 0. The van der Waals surface area contributed by atoms with E-state index in [1.54, 1.807) is 26.8 Å². The molecule has 5 aromatic rings. The molecule has 0 aliphatic heterocycles. The highest BCUT2D eigenvalue weighted by Gasteiger charge is 2.21. The smallest absolute Gasteiger partial charge is 0.266 e. The van der Waals surface area contributed by atoms with Crippen molar-refractivity contribution in [2.24, 2.45) is 0 Å². The van der Waals surface area contributed by atoms with Crippen LogP contribution in [0.3, 0.4) is 0 Å². The molecule has 3 aromatic heterocycles. The van der Waals surface area contributed by atoms with Crippen molar-refractivity contribution in [1.82, 2.24) is 25.6 Å². The zero-order valence-corrected chi connectivity index (χ0v) is 21.2. The first-order valence-corrected chi connectivity index (χ1v) is 12.0. The average molecular weight is 518 g/mol. The van der Waals surface area contributed by atoms with Crippen molar-refractivity contribution in [3.8, 4) is 40.1 Å². The van der Waals surface area contributed by atoms with Crippen molar-refractivity contribution in [2.45, 2.75) is 25.7 Å². The van der Waals surface area contributed by atoms with E-state index in [0.717, 1.165) is 27.4 Å². The van der Waals surface area contributed by atoms with Gasteiger partial charge in [-0.05, 0) is 37.1 Å². The number of fused-ring (bicyclic) bond motifs is 3. The summed E-state index contributed by atoms with van der Waals surface area (Å²) in [6, 6.07) is 13.6. The molecule has 0 unspecified atom stereocenters. The fourth-order valence-corrected chi connectivity index (χ4v) is 4.46. The van der Waals surface area contributed by atoms with E-state index in [2.05, 4.69) is 15.2 Å². The van der Waals surface area contributed by atoms with Crippen LogP contribution >= 0.6 is 0 Å². The number of methoxy groups -OCH3 is 3. The van der Waals surface area contributed by atoms with Gasteiger partial charge < -0.3 is 23.6 Å². The van der Waals surface area contributed by atoms with Crippen molar-refractivity contribution < 1.29 is 28.6 Å². The normalized spacial score (nSPS) is 11.2. The molecule has 0 atom stereocenters. The number of nitrogens with one attached hydrogen (secondary N) is 2. The van der Waals surface area contributed by atoms with E-state index in [1.165, 1.54) is 0 Å². The molecule has 3 N–H and O–H groups in total. The highest BCUT2D eigenvalue weighted by molar-refractivity contribution is 6.12. The van der Waals surface area contributed by atoms with Crippen molar-refractivity contribution in [1.29, 1.82) is 0 Å². The van der Waals surface area contributed by atoms with Gasteiger partial charge in [0, 0.05) is 34.7 Å². The quantitative estimate of drug-likeness (QED) is 0.137. The molecule has 2 aromatic carbocycles. The van der Waals surface area contributed by atoms with Gasteiger partial charge in [-0.15, -0.1) is 10.2 Å². The van der Waals surface area contributed by atoms with Gasteiger partial charge in [0.1, 0.15) is 5.69 Å². The molecule has 38 heavy (non-hydrogen) atoms. The third-order valence-corrected chi connectivity index (χ3v) is 6.29. The Morgan fingerprint density at radius 3 is 2.47 bits per heavy atom. The van der Waals surface area contributed by atoms with Crippen molar-refractivity contribution >= 4 is 27.7 Å². The zero-order chi connectivity index (χ0) is 26.6. The summed E-state index contributed by atoms with van der Waals surface area (Å²) in [5, 5.41) is 19.0. The second-order valence-corrected chi connectivity index (χ2v) is 8.61. The Labute approximate surface area is 217 Å². The van der Waals surface area contributed by atoms with Gasteiger partial charge in [0.05, 0.1) is 32.5 Å². The highest BCUT2D eigenvalue weighted by atomic mass is 16.5. The van der Waals surface area contributed by atoms with E-state index in [9.17, 15) is 4.79 Å².